The largest absolute Gasteiger partial charge is 0.506 e. The average molecular weight is 551 g/mol. The average Bonchev–Trinajstić information content (AvgIpc) is 3.50. The second kappa shape index (κ2) is 10.9. The van der Waals surface area contributed by atoms with Gasteiger partial charge in [-0.1, -0.05) is 23.2 Å². The van der Waals surface area contributed by atoms with Crippen LogP contribution < -0.4 is 9.47 Å². The molecule has 2 atom stereocenters. The van der Waals surface area contributed by atoms with Crippen LogP contribution in [0, 0.1) is 5.92 Å². The number of likely N-dealkylation sites (tertiary alicyclic amines) is 2. The van der Waals surface area contributed by atoms with Gasteiger partial charge in [0, 0.05) is 75.6 Å². The summed E-state index contributed by atoms with van der Waals surface area (Å²) in [6.07, 6.45) is 2.48. The van der Waals surface area contributed by atoms with Crippen molar-refractivity contribution in [3.8, 4) is 17.2 Å². The van der Waals surface area contributed by atoms with E-state index in [1.165, 1.54) is 12.1 Å². The number of piperidine rings is 1. The Morgan fingerprint density at radius 2 is 1.97 bits per heavy atom. The number of halogens is 2. The Hall–Kier alpha value is -2.23. The smallest absolute Gasteiger partial charge is 0.257 e. The fourth-order valence-electron chi connectivity index (χ4n) is 5.53. The molecule has 37 heavy (non-hydrogen) atoms. The lowest BCUT2D eigenvalue weighted by molar-refractivity contribution is -0.00202. The number of phenolic OH excluding ortho intramolecular Hbond substituents is 1. The molecule has 3 N–H and O–H groups in total. The molecule has 10 heteroatoms. The summed E-state index contributed by atoms with van der Waals surface area (Å²) in [5.74, 6) is 0.656. The highest BCUT2D eigenvalue weighted by molar-refractivity contribution is 6.32. The first-order valence-corrected chi connectivity index (χ1v) is 13.4. The predicted octanol–water partition coefficient (Wildman–Crippen LogP) is 3.36. The Labute approximate surface area is 226 Å². The second-order valence-electron chi connectivity index (χ2n) is 10.4. The molecule has 3 heterocycles. The number of carbonyl (C=O) groups excluding carboxylic acids is 1. The second-order valence-corrected chi connectivity index (χ2v) is 11.2. The number of fused-ring (bicyclic) bond motifs is 1. The van der Waals surface area contributed by atoms with E-state index in [0.29, 0.717) is 24.7 Å². The summed E-state index contributed by atoms with van der Waals surface area (Å²) in [5, 5.41) is 31.0. The SMILES string of the molecule is O=C(c1cc(Cl)c(O)cc1OC[C@@H](O)CN1CCC2(CC1)Cc1cc(Cl)ccc1O2)N1CC[C@@H](CO)C1. The van der Waals surface area contributed by atoms with Crippen molar-refractivity contribution < 1.29 is 29.6 Å². The van der Waals surface area contributed by atoms with E-state index in [9.17, 15) is 20.1 Å². The van der Waals surface area contributed by atoms with Gasteiger partial charge in [0.15, 0.2) is 0 Å². The molecule has 2 aromatic rings. The van der Waals surface area contributed by atoms with Gasteiger partial charge in [-0.3, -0.25) is 4.79 Å². The van der Waals surface area contributed by atoms with Gasteiger partial charge >= 0.3 is 0 Å². The molecule has 2 fully saturated rings. The van der Waals surface area contributed by atoms with Gasteiger partial charge in [0.05, 0.1) is 10.6 Å². The summed E-state index contributed by atoms with van der Waals surface area (Å²) in [5.41, 5.74) is 1.16. The Balaban J connectivity index is 1.15. The van der Waals surface area contributed by atoms with E-state index in [2.05, 4.69) is 4.90 Å². The third-order valence-electron chi connectivity index (χ3n) is 7.64. The monoisotopic (exact) mass is 550 g/mol. The van der Waals surface area contributed by atoms with Crippen LogP contribution in [0.25, 0.3) is 0 Å². The molecule has 1 amide bonds. The molecule has 0 bridgehead atoms. The molecule has 2 aromatic carbocycles. The molecule has 8 nitrogen and oxygen atoms in total. The Morgan fingerprint density at radius 1 is 1.19 bits per heavy atom. The lowest BCUT2D eigenvalue weighted by atomic mass is 9.87. The standard InChI is InChI=1S/C27H32Cl2N2O6/c28-19-1-2-24-18(9-19)12-27(37-24)4-7-30(8-5-27)14-20(33)16-36-25-11-23(34)22(29)10-21(25)26(35)31-6-3-17(13-31)15-32/h1-2,9-11,17,20,32-34H,3-8,12-16H2/t17-,20+/m1/s1. The number of aliphatic hydroxyl groups excluding tert-OH is 2. The molecule has 3 aliphatic heterocycles. The van der Waals surface area contributed by atoms with Crippen LogP contribution >= 0.6 is 23.2 Å². The van der Waals surface area contributed by atoms with Crippen LogP contribution in [-0.2, 0) is 6.42 Å². The van der Waals surface area contributed by atoms with Crippen molar-refractivity contribution in [1.82, 2.24) is 9.80 Å². The van der Waals surface area contributed by atoms with E-state index in [-0.39, 0.29) is 52.7 Å². The molecule has 0 saturated carbocycles. The van der Waals surface area contributed by atoms with Gasteiger partial charge in [0.25, 0.3) is 5.91 Å². The zero-order valence-corrected chi connectivity index (χ0v) is 22.0. The first kappa shape index (κ1) is 26.4. The number of carbonyl (C=O) groups is 1. The fraction of sp³-hybridized carbons (Fsp3) is 0.519. The number of aromatic hydroxyl groups is 1. The maximum absolute atomic E-state index is 13.1. The quantitative estimate of drug-likeness (QED) is 0.485. The highest BCUT2D eigenvalue weighted by Gasteiger charge is 2.42. The topological polar surface area (TPSA) is 103 Å². The van der Waals surface area contributed by atoms with Gasteiger partial charge in [0.2, 0.25) is 0 Å². The Bertz CT molecular complexity index is 1150. The third kappa shape index (κ3) is 5.78. The normalized spacial score (nSPS) is 21.6. The number of phenols is 1. The third-order valence-corrected chi connectivity index (χ3v) is 8.18. The predicted molar refractivity (Wildman–Crippen MR) is 140 cm³/mol. The number of aliphatic hydroxyl groups is 2. The number of benzene rings is 2. The van der Waals surface area contributed by atoms with E-state index in [1.54, 1.807) is 4.90 Å². The summed E-state index contributed by atoms with van der Waals surface area (Å²) in [6, 6.07) is 8.46. The lowest BCUT2D eigenvalue weighted by Gasteiger charge is -2.39. The van der Waals surface area contributed by atoms with Crippen molar-refractivity contribution >= 4 is 29.1 Å². The van der Waals surface area contributed by atoms with Crippen molar-refractivity contribution in [1.29, 1.82) is 0 Å². The summed E-state index contributed by atoms with van der Waals surface area (Å²) in [7, 11) is 0. The van der Waals surface area contributed by atoms with Gasteiger partial charge in [-0.15, -0.1) is 0 Å². The van der Waals surface area contributed by atoms with Crippen LogP contribution in [0.1, 0.15) is 35.2 Å². The number of hydrogen-bond donors (Lipinski definition) is 3. The number of amides is 1. The number of ether oxygens (including phenoxy) is 2. The van der Waals surface area contributed by atoms with Crippen molar-refractivity contribution in [2.45, 2.75) is 37.4 Å². The molecule has 0 aromatic heterocycles. The van der Waals surface area contributed by atoms with Crippen LogP contribution in [0.2, 0.25) is 10.0 Å². The fourth-order valence-corrected chi connectivity index (χ4v) is 5.88. The molecule has 2 saturated heterocycles. The molecule has 0 radical (unpaired) electrons. The summed E-state index contributed by atoms with van der Waals surface area (Å²) in [4.78, 5) is 16.9. The summed E-state index contributed by atoms with van der Waals surface area (Å²) in [6.45, 7) is 2.96. The molecule has 0 aliphatic carbocycles. The van der Waals surface area contributed by atoms with Gasteiger partial charge in [0.1, 0.15) is 35.6 Å². The van der Waals surface area contributed by atoms with E-state index >= 15 is 0 Å². The zero-order valence-electron chi connectivity index (χ0n) is 20.5. The maximum atomic E-state index is 13.1. The molecule has 0 unspecified atom stereocenters. The van der Waals surface area contributed by atoms with E-state index in [0.717, 1.165) is 50.1 Å². The number of β-amino-alcohol motifs (C(OH)–C–C–N with tert-alkyl or cyclic N) is 1. The van der Waals surface area contributed by atoms with Gasteiger partial charge in [-0.25, -0.2) is 0 Å². The minimum absolute atomic E-state index is 0.0285. The minimum Gasteiger partial charge on any atom is -0.506 e. The van der Waals surface area contributed by atoms with E-state index in [1.807, 2.05) is 18.2 Å². The first-order chi connectivity index (χ1) is 17.7. The van der Waals surface area contributed by atoms with Crippen molar-refractivity contribution in [2.24, 2.45) is 5.92 Å². The molecule has 3 aliphatic rings. The molecule has 1 spiro atoms. The van der Waals surface area contributed by atoms with Crippen LogP contribution in [0.4, 0.5) is 0 Å². The minimum atomic E-state index is -0.791. The first-order valence-electron chi connectivity index (χ1n) is 12.7. The van der Waals surface area contributed by atoms with E-state index in [4.69, 9.17) is 32.7 Å². The number of rotatable bonds is 7. The van der Waals surface area contributed by atoms with Crippen LogP contribution in [-0.4, -0.2) is 88.7 Å². The summed E-state index contributed by atoms with van der Waals surface area (Å²) >= 11 is 12.2. The molecular formula is C27H32Cl2N2O6. The van der Waals surface area contributed by atoms with E-state index < -0.39 is 6.10 Å². The Morgan fingerprint density at radius 3 is 2.70 bits per heavy atom. The van der Waals surface area contributed by atoms with Gasteiger partial charge in [-0.05, 0) is 36.2 Å². The Kier molecular flexibility index (Phi) is 7.75. The van der Waals surface area contributed by atoms with Crippen LogP contribution in [0.15, 0.2) is 30.3 Å². The highest BCUT2D eigenvalue weighted by Crippen LogP contribution is 2.42. The molecular weight excluding hydrogens is 519 g/mol. The van der Waals surface area contributed by atoms with Crippen LogP contribution in [0.5, 0.6) is 17.2 Å². The highest BCUT2D eigenvalue weighted by atomic mass is 35.5. The molecule has 200 valence electrons. The lowest BCUT2D eigenvalue weighted by Crippen LogP contribution is -2.49. The van der Waals surface area contributed by atoms with Crippen molar-refractivity contribution in [2.75, 3.05) is 45.9 Å². The maximum Gasteiger partial charge on any atom is 0.257 e. The summed E-state index contributed by atoms with van der Waals surface area (Å²) < 4.78 is 12.1. The van der Waals surface area contributed by atoms with Gasteiger partial charge < -0.3 is 34.6 Å². The van der Waals surface area contributed by atoms with Crippen molar-refractivity contribution in [3.63, 3.8) is 0 Å². The molecule has 5 rings (SSSR count). The van der Waals surface area contributed by atoms with Crippen molar-refractivity contribution in [3.05, 3.63) is 51.5 Å². The number of hydrogen-bond acceptors (Lipinski definition) is 7. The number of nitrogens with zero attached hydrogens (tertiary/aromatic N) is 2. The van der Waals surface area contributed by atoms with Gasteiger partial charge in [-0.2, -0.15) is 0 Å². The van der Waals surface area contributed by atoms with Crippen LogP contribution in [0.3, 0.4) is 0 Å². The zero-order chi connectivity index (χ0) is 26.2.